The lowest BCUT2D eigenvalue weighted by Gasteiger charge is -2.16. The lowest BCUT2D eigenvalue weighted by atomic mass is 10.0. The monoisotopic (exact) mass is 392 g/mol. The van der Waals surface area contributed by atoms with E-state index in [0.717, 1.165) is 45.3 Å². The van der Waals surface area contributed by atoms with Crippen molar-refractivity contribution in [2.45, 2.75) is 13.8 Å². The largest absolute Gasteiger partial charge is 0.361 e. The molecule has 5 heteroatoms. The fourth-order valence-corrected chi connectivity index (χ4v) is 3.51. The highest BCUT2D eigenvalue weighted by Crippen LogP contribution is 2.32. The van der Waals surface area contributed by atoms with Crippen molar-refractivity contribution in [3.63, 3.8) is 0 Å². The smallest absolute Gasteiger partial charge is 0.150 e. The predicted molar refractivity (Wildman–Crippen MR) is 121 cm³/mol. The maximum atomic E-state index is 11.1. The minimum Gasteiger partial charge on any atom is -0.361 e. The van der Waals surface area contributed by atoms with E-state index >= 15 is 0 Å². The zero-order valence-electron chi connectivity index (χ0n) is 16.7. The first-order valence-electron chi connectivity index (χ1n) is 9.57. The summed E-state index contributed by atoms with van der Waals surface area (Å²) in [4.78, 5) is 18.7. The number of nitriles is 1. The van der Waals surface area contributed by atoms with Gasteiger partial charge >= 0.3 is 0 Å². The normalized spacial score (nSPS) is 11.0. The molecule has 2 aromatic carbocycles. The number of aromatic nitrogens is 2. The molecule has 0 aliphatic carbocycles. The number of nitrogens with zero attached hydrogens (tertiary/aromatic N) is 2. The molecule has 0 spiro atoms. The summed E-state index contributed by atoms with van der Waals surface area (Å²) in [6.45, 7) is 3.97. The summed E-state index contributed by atoms with van der Waals surface area (Å²) >= 11 is 0. The number of aryl methyl sites for hydroxylation is 2. The van der Waals surface area contributed by atoms with E-state index < -0.39 is 0 Å². The van der Waals surface area contributed by atoms with Gasteiger partial charge in [0.05, 0.1) is 11.3 Å². The van der Waals surface area contributed by atoms with Gasteiger partial charge in [0.2, 0.25) is 0 Å². The molecule has 0 aliphatic rings. The van der Waals surface area contributed by atoms with E-state index in [9.17, 15) is 10.1 Å². The van der Waals surface area contributed by atoms with Crippen LogP contribution in [0, 0.1) is 25.2 Å². The molecule has 4 rings (SSSR count). The first-order valence-corrected chi connectivity index (χ1v) is 9.57. The van der Waals surface area contributed by atoms with Gasteiger partial charge in [-0.25, -0.2) is 0 Å². The van der Waals surface area contributed by atoms with Gasteiger partial charge in [-0.15, -0.1) is 0 Å². The molecule has 2 heterocycles. The van der Waals surface area contributed by atoms with Crippen LogP contribution in [0.3, 0.4) is 0 Å². The van der Waals surface area contributed by atoms with Crippen molar-refractivity contribution in [1.82, 2.24) is 9.97 Å². The van der Waals surface area contributed by atoms with E-state index in [1.54, 1.807) is 12.3 Å². The first-order chi connectivity index (χ1) is 14.6. The highest BCUT2D eigenvalue weighted by molar-refractivity contribution is 5.91. The molecule has 5 nitrogen and oxygen atoms in total. The van der Waals surface area contributed by atoms with Gasteiger partial charge in [0.15, 0.2) is 0 Å². The summed E-state index contributed by atoms with van der Waals surface area (Å²) in [5.41, 5.74) is 7.44. The highest BCUT2D eigenvalue weighted by Gasteiger charge is 2.13. The number of rotatable bonds is 5. The number of carbonyl (C=O) groups excluding carboxylic acids is 1. The molecule has 0 saturated carbocycles. The van der Waals surface area contributed by atoms with Crippen LogP contribution in [0.25, 0.3) is 23.1 Å². The average molecular weight is 392 g/mol. The maximum absolute atomic E-state index is 11.1. The summed E-state index contributed by atoms with van der Waals surface area (Å²) in [6, 6.07) is 15.7. The number of hydrogen-bond donors (Lipinski definition) is 2. The van der Waals surface area contributed by atoms with Crippen molar-refractivity contribution in [2.24, 2.45) is 0 Å². The topological polar surface area (TPSA) is 81.6 Å². The number of anilines is 2. The molecule has 0 amide bonds. The Kier molecular flexibility index (Phi) is 5.15. The highest BCUT2D eigenvalue weighted by atomic mass is 16.1. The Balaban J connectivity index is 1.79. The SMILES string of the molecule is Cc1ncc(C#N)c(Nc2ccc3[nH]ccc3c2C)c1/C=C/c1cccc(C=O)c1. The molecular formula is C25H20N4O. The second-order valence-electron chi connectivity index (χ2n) is 7.08. The number of aldehydes is 1. The van der Waals surface area contributed by atoms with Crippen LogP contribution < -0.4 is 5.32 Å². The third-order valence-corrected chi connectivity index (χ3v) is 5.19. The van der Waals surface area contributed by atoms with Crippen molar-refractivity contribution < 1.29 is 4.79 Å². The molecule has 0 radical (unpaired) electrons. The van der Waals surface area contributed by atoms with Crippen LogP contribution in [-0.4, -0.2) is 16.3 Å². The van der Waals surface area contributed by atoms with Crippen molar-refractivity contribution in [1.29, 1.82) is 5.26 Å². The lowest BCUT2D eigenvalue weighted by Crippen LogP contribution is -2.02. The number of benzene rings is 2. The van der Waals surface area contributed by atoms with Gasteiger partial charge in [-0.3, -0.25) is 9.78 Å². The Labute approximate surface area is 174 Å². The summed E-state index contributed by atoms with van der Waals surface area (Å²) in [5.74, 6) is 0. The molecule has 30 heavy (non-hydrogen) atoms. The molecule has 0 atom stereocenters. The van der Waals surface area contributed by atoms with Crippen LogP contribution in [0.5, 0.6) is 0 Å². The Bertz CT molecular complexity index is 1320. The molecule has 0 saturated heterocycles. The number of carbonyl (C=O) groups is 1. The fraction of sp³-hybridized carbons (Fsp3) is 0.0800. The van der Waals surface area contributed by atoms with E-state index in [-0.39, 0.29) is 0 Å². The van der Waals surface area contributed by atoms with Crippen molar-refractivity contribution in [2.75, 3.05) is 5.32 Å². The average Bonchev–Trinajstić information content (AvgIpc) is 3.25. The number of fused-ring (bicyclic) bond motifs is 1. The van der Waals surface area contributed by atoms with E-state index in [0.29, 0.717) is 16.8 Å². The Morgan fingerprint density at radius 1 is 1.10 bits per heavy atom. The van der Waals surface area contributed by atoms with Crippen molar-refractivity contribution >= 4 is 40.7 Å². The summed E-state index contributed by atoms with van der Waals surface area (Å²) < 4.78 is 0. The zero-order valence-corrected chi connectivity index (χ0v) is 16.7. The summed E-state index contributed by atoms with van der Waals surface area (Å²) in [7, 11) is 0. The minimum atomic E-state index is 0.468. The second kappa shape index (κ2) is 8.06. The summed E-state index contributed by atoms with van der Waals surface area (Å²) in [5, 5.41) is 14.3. The van der Waals surface area contributed by atoms with Gasteiger partial charge < -0.3 is 10.3 Å². The molecule has 4 aromatic rings. The van der Waals surface area contributed by atoms with Gasteiger partial charge in [-0.1, -0.05) is 30.4 Å². The second-order valence-corrected chi connectivity index (χ2v) is 7.08. The molecule has 2 aromatic heterocycles. The molecular weight excluding hydrogens is 372 g/mol. The molecule has 0 unspecified atom stereocenters. The van der Waals surface area contributed by atoms with Gasteiger partial charge in [0.25, 0.3) is 0 Å². The van der Waals surface area contributed by atoms with Crippen LogP contribution in [0.15, 0.2) is 54.9 Å². The number of hydrogen-bond acceptors (Lipinski definition) is 4. The van der Waals surface area contributed by atoms with Crippen LogP contribution in [-0.2, 0) is 0 Å². The number of nitrogens with one attached hydrogen (secondary N) is 2. The molecule has 0 aliphatic heterocycles. The third-order valence-electron chi connectivity index (χ3n) is 5.19. The van der Waals surface area contributed by atoms with E-state index in [2.05, 4.69) is 28.3 Å². The van der Waals surface area contributed by atoms with E-state index in [1.165, 1.54) is 0 Å². The Morgan fingerprint density at radius 2 is 1.93 bits per heavy atom. The number of H-pyrrole nitrogens is 1. The molecule has 2 N–H and O–H groups in total. The quantitative estimate of drug-likeness (QED) is 0.422. The standard InChI is InChI=1S/C25H20N4O/c1-16-21-10-11-27-24(21)9-8-23(16)29-25-20(13-26)14-28-17(2)22(25)7-6-18-4-3-5-19(12-18)15-30/h3-12,14-15,27H,1-2H3,(H,28,29)/b7-6+. The van der Waals surface area contributed by atoms with Gasteiger partial charge in [0.1, 0.15) is 12.4 Å². The Morgan fingerprint density at radius 3 is 2.73 bits per heavy atom. The predicted octanol–water partition coefficient (Wildman–Crippen LogP) is 5.78. The molecule has 0 bridgehead atoms. The fourth-order valence-electron chi connectivity index (χ4n) is 3.51. The molecule has 0 fully saturated rings. The zero-order chi connectivity index (χ0) is 21.1. The van der Waals surface area contributed by atoms with Crippen LogP contribution >= 0.6 is 0 Å². The Hall–Kier alpha value is -4.17. The van der Waals surface area contributed by atoms with Crippen LogP contribution in [0.4, 0.5) is 11.4 Å². The number of aromatic amines is 1. The third kappa shape index (κ3) is 3.59. The van der Waals surface area contributed by atoms with Crippen LogP contribution in [0.1, 0.15) is 38.3 Å². The number of pyridine rings is 1. The van der Waals surface area contributed by atoms with Gasteiger partial charge in [0, 0.05) is 45.8 Å². The maximum Gasteiger partial charge on any atom is 0.150 e. The van der Waals surface area contributed by atoms with Crippen molar-refractivity contribution in [3.8, 4) is 6.07 Å². The summed E-state index contributed by atoms with van der Waals surface area (Å²) in [6.07, 6.45) is 8.19. The molecule has 146 valence electrons. The minimum absolute atomic E-state index is 0.468. The van der Waals surface area contributed by atoms with Gasteiger partial charge in [-0.05, 0) is 49.2 Å². The lowest BCUT2D eigenvalue weighted by molar-refractivity contribution is 0.112. The first kappa shape index (κ1) is 19.2. The van der Waals surface area contributed by atoms with E-state index in [1.807, 2.05) is 61.7 Å². The van der Waals surface area contributed by atoms with Gasteiger partial charge in [-0.2, -0.15) is 5.26 Å². The van der Waals surface area contributed by atoms with E-state index in [4.69, 9.17) is 0 Å². The van der Waals surface area contributed by atoms with Crippen LogP contribution in [0.2, 0.25) is 0 Å². The van der Waals surface area contributed by atoms with Crippen molar-refractivity contribution in [3.05, 3.63) is 88.4 Å².